The number of benzene rings is 1. The Morgan fingerprint density at radius 2 is 1.78 bits per heavy atom. The van der Waals surface area contributed by atoms with Crippen LogP contribution in [0.25, 0.3) is 0 Å². The number of carbonyl (C=O) groups excluding carboxylic acids is 1. The summed E-state index contributed by atoms with van der Waals surface area (Å²) < 4.78 is 0. The number of hydrogen-bond donors (Lipinski definition) is 1. The van der Waals surface area contributed by atoms with Gasteiger partial charge in [0.15, 0.2) is 0 Å². The molecule has 0 bridgehead atoms. The van der Waals surface area contributed by atoms with E-state index in [-0.39, 0.29) is 5.91 Å². The van der Waals surface area contributed by atoms with Crippen molar-refractivity contribution in [1.82, 2.24) is 10.2 Å². The van der Waals surface area contributed by atoms with Gasteiger partial charge in [-0.25, -0.2) is 0 Å². The van der Waals surface area contributed by atoms with Gasteiger partial charge >= 0.3 is 0 Å². The number of hydrogen-bond acceptors (Lipinski definition) is 2. The summed E-state index contributed by atoms with van der Waals surface area (Å²) in [4.78, 5) is 13.3. The van der Waals surface area contributed by atoms with Gasteiger partial charge in [0.05, 0.1) is 0 Å². The van der Waals surface area contributed by atoms with Gasteiger partial charge < -0.3 is 10.2 Å². The van der Waals surface area contributed by atoms with Crippen molar-refractivity contribution in [1.29, 1.82) is 0 Å². The molecule has 0 aliphatic heterocycles. The van der Waals surface area contributed by atoms with Crippen molar-refractivity contribution in [3.05, 3.63) is 35.4 Å². The molecule has 0 saturated heterocycles. The van der Waals surface area contributed by atoms with E-state index in [0.29, 0.717) is 6.42 Å². The van der Waals surface area contributed by atoms with E-state index in [1.807, 2.05) is 0 Å². The van der Waals surface area contributed by atoms with Crippen LogP contribution in [0.4, 0.5) is 0 Å². The quantitative estimate of drug-likeness (QED) is 0.799. The highest BCUT2D eigenvalue weighted by molar-refractivity contribution is 5.75. The molecule has 1 rings (SSSR count). The lowest BCUT2D eigenvalue weighted by Crippen LogP contribution is -2.28. The Hall–Kier alpha value is -1.35. The predicted octanol–water partition coefficient (Wildman–Crippen LogP) is 1.86. The molecular weight excluding hydrogens is 224 g/mol. The minimum atomic E-state index is 0.106. The first-order chi connectivity index (χ1) is 8.65. The molecule has 0 saturated carbocycles. The van der Waals surface area contributed by atoms with E-state index in [4.69, 9.17) is 0 Å². The molecule has 1 aromatic carbocycles. The topological polar surface area (TPSA) is 32.3 Å². The molecule has 3 heteroatoms. The minimum absolute atomic E-state index is 0.106. The first-order valence-corrected chi connectivity index (χ1v) is 6.62. The van der Waals surface area contributed by atoms with Crippen molar-refractivity contribution in [2.75, 3.05) is 27.2 Å². The number of nitrogens with one attached hydrogen (secondary N) is 1. The standard InChI is InChI=1S/C15H24N2O/c1-4-13-5-7-14(8-6-13)9-11-17(3)12-10-15(18)16-2/h5-8H,4,9-12H2,1-3H3,(H,16,18). The van der Waals surface area contributed by atoms with Crippen molar-refractivity contribution in [2.45, 2.75) is 26.2 Å². The largest absolute Gasteiger partial charge is 0.359 e. The zero-order valence-corrected chi connectivity index (χ0v) is 11.7. The third-order valence-corrected chi connectivity index (χ3v) is 3.21. The van der Waals surface area contributed by atoms with Crippen LogP contribution < -0.4 is 5.32 Å². The van der Waals surface area contributed by atoms with Gasteiger partial charge in [0.2, 0.25) is 5.91 Å². The maximum Gasteiger partial charge on any atom is 0.221 e. The SMILES string of the molecule is CCc1ccc(CCN(C)CCC(=O)NC)cc1. The molecule has 0 unspecified atom stereocenters. The van der Waals surface area contributed by atoms with Gasteiger partial charge in [-0.2, -0.15) is 0 Å². The lowest BCUT2D eigenvalue weighted by Gasteiger charge is -2.16. The van der Waals surface area contributed by atoms with Crippen LogP contribution in [0, 0.1) is 0 Å². The zero-order chi connectivity index (χ0) is 13.4. The van der Waals surface area contributed by atoms with Gasteiger partial charge in [0.1, 0.15) is 0 Å². The van der Waals surface area contributed by atoms with Crippen LogP contribution in [0.5, 0.6) is 0 Å². The summed E-state index contributed by atoms with van der Waals surface area (Å²) in [5, 5.41) is 2.64. The van der Waals surface area contributed by atoms with E-state index in [2.05, 4.69) is 48.5 Å². The second kappa shape index (κ2) is 7.88. The van der Waals surface area contributed by atoms with Gasteiger partial charge in [-0.3, -0.25) is 4.79 Å². The fraction of sp³-hybridized carbons (Fsp3) is 0.533. The van der Waals surface area contributed by atoms with Gasteiger partial charge in [-0.15, -0.1) is 0 Å². The van der Waals surface area contributed by atoms with Crippen LogP contribution in [0.3, 0.4) is 0 Å². The number of nitrogens with zero attached hydrogens (tertiary/aromatic N) is 1. The van der Waals surface area contributed by atoms with Crippen molar-refractivity contribution >= 4 is 5.91 Å². The maximum atomic E-state index is 11.1. The number of amides is 1. The molecule has 1 N–H and O–H groups in total. The molecule has 0 radical (unpaired) electrons. The van der Waals surface area contributed by atoms with Gasteiger partial charge in [0, 0.05) is 26.6 Å². The molecule has 0 fully saturated rings. The van der Waals surface area contributed by atoms with Crippen LogP contribution in [-0.2, 0) is 17.6 Å². The first kappa shape index (κ1) is 14.7. The van der Waals surface area contributed by atoms with Crippen molar-refractivity contribution in [3.8, 4) is 0 Å². The molecular formula is C15H24N2O. The summed E-state index contributed by atoms with van der Waals surface area (Å²) in [6.07, 6.45) is 2.70. The third-order valence-electron chi connectivity index (χ3n) is 3.21. The molecule has 1 amide bonds. The van der Waals surface area contributed by atoms with Crippen LogP contribution in [0.2, 0.25) is 0 Å². The monoisotopic (exact) mass is 248 g/mol. The smallest absolute Gasteiger partial charge is 0.221 e. The molecule has 0 atom stereocenters. The first-order valence-electron chi connectivity index (χ1n) is 6.62. The second-order valence-corrected chi connectivity index (χ2v) is 4.65. The zero-order valence-electron chi connectivity index (χ0n) is 11.7. The Morgan fingerprint density at radius 3 is 2.33 bits per heavy atom. The predicted molar refractivity (Wildman–Crippen MR) is 75.7 cm³/mol. The van der Waals surface area contributed by atoms with E-state index in [1.54, 1.807) is 7.05 Å². The van der Waals surface area contributed by atoms with Crippen molar-refractivity contribution < 1.29 is 4.79 Å². The lowest BCUT2D eigenvalue weighted by molar-refractivity contribution is -0.120. The Labute approximate surface area is 110 Å². The number of carbonyl (C=O) groups is 1. The summed E-state index contributed by atoms with van der Waals surface area (Å²) in [5.74, 6) is 0.106. The summed E-state index contributed by atoms with van der Waals surface area (Å²) in [5.41, 5.74) is 2.74. The number of rotatable bonds is 7. The normalized spacial score (nSPS) is 10.7. The van der Waals surface area contributed by atoms with Gasteiger partial charge in [0.25, 0.3) is 0 Å². The van der Waals surface area contributed by atoms with E-state index in [0.717, 1.165) is 25.9 Å². The van der Waals surface area contributed by atoms with E-state index in [1.165, 1.54) is 11.1 Å². The Morgan fingerprint density at radius 1 is 1.17 bits per heavy atom. The number of aryl methyl sites for hydroxylation is 1. The molecule has 1 aromatic rings. The highest BCUT2D eigenvalue weighted by Gasteiger charge is 2.03. The molecule has 3 nitrogen and oxygen atoms in total. The maximum absolute atomic E-state index is 11.1. The van der Waals surface area contributed by atoms with E-state index in [9.17, 15) is 4.79 Å². The van der Waals surface area contributed by atoms with Crippen LogP contribution in [0.1, 0.15) is 24.5 Å². The summed E-state index contributed by atoms with van der Waals surface area (Å²) in [7, 11) is 3.74. The Balaban J connectivity index is 2.28. The molecule has 100 valence electrons. The molecule has 0 heterocycles. The highest BCUT2D eigenvalue weighted by Crippen LogP contribution is 2.06. The second-order valence-electron chi connectivity index (χ2n) is 4.65. The van der Waals surface area contributed by atoms with Crippen LogP contribution >= 0.6 is 0 Å². The van der Waals surface area contributed by atoms with E-state index < -0.39 is 0 Å². The van der Waals surface area contributed by atoms with Gasteiger partial charge in [-0.05, 0) is 31.0 Å². The van der Waals surface area contributed by atoms with Crippen molar-refractivity contribution in [3.63, 3.8) is 0 Å². The molecule has 18 heavy (non-hydrogen) atoms. The third kappa shape index (κ3) is 5.32. The Kier molecular flexibility index (Phi) is 6.44. The highest BCUT2D eigenvalue weighted by atomic mass is 16.1. The van der Waals surface area contributed by atoms with Crippen molar-refractivity contribution in [2.24, 2.45) is 0 Å². The fourth-order valence-electron chi connectivity index (χ4n) is 1.79. The minimum Gasteiger partial charge on any atom is -0.359 e. The summed E-state index contributed by atoms with van der Waals surface area (Å²) >= 11 is 0. The average Bonchev–Trinajstić information content (AvgIpc) is 2.42. The summed E-state index contributed by atoms with van der Waals surface area (Å²) in [6.45, 7) is 3.97. The number of likely N-dealkylation sites (N-methyl/N-ethyl adjacent to an activating group) is 1. The van der Waals surface area contributed by atoms with E-state index >= 15 is 0 Å². The van der Waals surface area contributed by atoms with Crippen LogP contribution in [-0.4, -0.2) is 38.0 Å². The molecule has 0 aliphatic rings. The average molecular weight is 248 g/mol. The lowest BCUT2D eigenvalue weighted by atomic mass is 10.1. The Bertz CT molecular complexity index is 359. The molecule has 0 aromatic heterocycles. The molecule has 0 spiro atoms. The molecule has 0 aliphatic carbocycles. The fourth-order valence-corrected chi connectivity index (χ4v) is 1.79. The van der Waals surface area contributed by atoms with Gasteiger partial charge in [-0.1, -0.05) is 31.2 Å². The van der Waals surface area contributed by atoms with Crippen LogP contribution in [0.15, 0.2) is 24.3 Å². The summed E-state index contributed by atoms with van der Waals surface area (Å²) in [6, 6.07) is 8.79.